The molecule has 0 bridgehead atoms. The maximum absolute atomic E-state index is 12.8. The molecule has 0 atom stereocenters. The zero-order chi connectivity index (χ0) is 24.9. The third kappa shape index (κ3) is 5.18. The van der Waals surface area contributed by atoms with Crippen LogP contribution in [-0.4, -0.2) is 30.4 Å². The van der Waals surface area contributed by atoms with Gasteiger partial charge in [0.1, 0.15) is 17.3 Å². The number of hydrogen-bond donors (Lipinski definition) is 1. The molecule has 4 aromatic rings. The van der Waals surface area contributed by atoms with E-state index in [4.69, 9.17) is 9.15 Å². The molecule has 2 heterocycles. The second-order valence-electron chi connectivity index (χ2n) is 8.84. The molecular weight excluding hydrogens is 452 g/mol. The molecule has 1 N–H and O–H groups in total. The Bertz CT molecular complexity index is 1360. The maximum atomic E-state index is 12.8. The second-order valence-corrected chi connectivity index (χ2v) is 8.84. The van der Waals surface area contributed by atoms with Gasteiger partial charge in [-0.15, -0.1) is 0 Å². The Kier molecular flexibility index (Phi) is 6.85. The van der Waals surface area contributed by atoms with Gasteiger partial charge in [-0.25, -0.2) is 0 Å². The average Bonchev–Trinajstić information content (AvgIpc) is 3.36. The summed E-state index contributed by atoms with van der Waals surface area (Å²) in [6.45, 7) is 1.24. The fourth-order valence-electron chi connectivity index (χ4n) is 4.49. The van der Waals surface area contributed by atoms with E-state index in [2.05, 4.69) is 17.4 Å². The Hall–Kier alpha value is -4.32. The monoisotopic (exact) mass is 480 g/mol. The number of nitrogens with one attached hydrogen (secondary N) is 1. The zero-order valence-corrected chi connectivity index (χ0v) is 20.2. The molecule has 3 aromatic carbocycles. The van der Waals surface area contributed by atoms with Crippen molar-refractivity contribution in [3.63, 3.8) is 0 Å². The van der Waals surface area contributed by atoms with Gasteiger partial charge in [0, 0.05) is 42.7 Å². The molecule has 1 aliphatic heterocycles. The average molecular weight is 481 g/mol. The fraction of sp³-hybridized carbons (Fsp3) is 0.200. The highest BCUT2D eigenvalue weighted by Crippen LogP contribution is 2.31. The molecule has 0 saturated heterocycles. The van der Waals surface area contributed by atoms with E-state index in [1.165, 1.54) is 5.56 Å². The highest BCUT2D eigenvalue weighted by molar-refractivity contribution is 6.06. The van der Waals surface area contributed by atoms with Gasteiger partial charge in [0.15, 0.2) is 0 Å². The molecule has 0 spiro atoms. The molecule has 6 heteroatoms. The number of carbonyl (C=O) groups is 2. The van der Waals surface area contributed by atoms with Crippen LogP contribution in [0, 0.1) is 0 Å². The number of ether oxygens (including phenoxy) is 1. The molecule has 1 aromatic heterocycles. The van der Waals surface area contributed by atoms with E-state index < -0.39 is 0 Å². The third-order valence-corrected chi connectivity index (χ3v) is 6.47. The number of nitrogens with zero attached hydrogens (tertiary/aromatic N) is 1. The number of carbonyl (C=O) groups excluding carboxylic acids is 2. The van der Waals surface area contributed by atoms with E-state index in [0.717, 1.165) is 29.1 Å². The lowest BCUT2D eigenvalue weighted by Gasteiger charge is -2.26. The summed E-state index contributed by atoms with van der Waals surface area (Å²) in [5.74, 6) is 2.17. The summed E-state index contributed by atoms with van der Waals surface area (Å²) < 4.78 is 11.4. The number of hydrogen-bond acceptors (Lipinski definition) is 4. The van der Waals surface area contributed by atoms with Crippen molar-refractivity contribution in [3.8, 4) is 17.1 Å². The molecular formula is C30H28N2O4. The molecule has 2 amide bonds. The highest BCUT2D eigenvalue weighted by Gasteiger charge is 2.24. The first-order valence-electron chi connectivity index (χ1n) is 12.1. The van der Waals surface area contributed by atoms with Crippen LogP contribution in [-0.2, 0) is 24.2 Å². The lowest BCUT2D eigenvalue weighted by Crippen LogP contribution is -2.35. The largest absolute Gasteiger partial charge is 0.496 e. The van der Waals surface area contributed by atoms with E-state index in [1.54, 1.807) is 25.3 Å². The molecule has 0 radical (unpaired) electrons. The Morgan fingerprint density at radius 3 is 2.50 bits per heavy atom. The molecule has 0 saturated carbocycles. The molecule has 0 unspecified atom stereocenters. The van der Waals surface area contributed by atoms with Crippen LogP contribution in [0.25, 0.3) is 11.3 Å². The first-order chi connectivity index (χ1) is 17.6. The minimum atomic E-state index is -0.231. The summed E-state index contributed by atoms with van der Waals surface area (Å²) in [5.41, 5.74) is 4.31. The van der Waals surface area contributed by atoms with Crippen molar-refractivity contribution in [2.45, 2.75) is 25.8 Å². The van der Waals surface area contributed by atoms with Crippen LogP contribution in [0.5, 0.6) is 5.75 Å². The van der Waals surface area contributed by atoms with Crippen LogP contribution in [0.1, 0.15) is 33.7 Å². The van der Waals surface area contributed by atoms with E-state index in [0.29, 0.717) is 42.9 Å². The van der Waals surface area contributed by atoms with Crippen molar-refractivity contribution in [1.29, 1.82) is 0 Å². The highest BCUT2D eigenvalue weighted by atomic mass is 16.5. The topological polar surface area (TPSA) is 71.8 Å². The molecule has 182 valence electrons. The molecule has 1 aliphatic rings. The van der Waals surface area contributed by atoms with Crippen LogP contribution in [0.3, 0.4) is 0 Å². The number of methoxy groups -OCH3 is 1. The van der Waals surface area contributed by atoms with Gasteiger partial charge < -0.3 is 19.4 Å². The van der Waals surface area contributed by atoms with Gasteiger partial charge in [-0.3, -0.25) is 9.59 Å². The lowest BCUT2D eigenvalue weighted by atomic mass is 10.1. The van der Waals surface area contributed by atoms with Gasteiger partial charge in [0.05, 0.1) is 12.7 Å². The number of para-hydroxylation sites is 1. The normalized spacial score (nSPS) is 12.6. The smallest absolute Gasteiger partial charge is 0.259 e. The Balaban J connectivity index is 1.22. The number of amides is 2. The molecule has 36 heavy (non-hydrogen) atoms. The predicted octanol–water partition coefficient (Wildman–Crippen LogP) is 5.73. The number of fused-ring (bicyclic) bond motifs is 1. The van der Waals surface area contributed by atoms with Gasteiger partial charge in [0.25, 0.3) is 5.91 Å². The van der Waals surface area contributed by atoms with Crippen molar-refractivity contribution < 1.29 is 18.7 Å². The molecule has 0 aliphatic carbocycles. The SMILES string of the molecule is COc1ccccc1C(=O)Nc1ccc(-c2cc3c(o2)CCN(C(=O)CCc2ccccc2)C3)cc1. The van der Waals surface area contributed by atoms with E-state index >= 15 is 0 Å². The van der Waals surface area contributed by atoms with Gasteiger partial charge >= 0.3 is 0 Å². The van der Waals surface area contributed by atoms with E-state index in [9.17, 15) is 9.59 Å². The number of benzene rings is 3. The molecule has 5 rings (SSSR count). The van der Waals surface area contributed by atoms with Crippen molar-refractivity contribution in [1.82, 2.24) is 4.90 Å². The summed E-state index contributed by atoms with van der Waals surface area (Å²) in [4.78, 5) is 27.3. The minimum absolute atomic E-state index is 0.169. The van der Waals surface area contributed by atoms with E-state index in [-0.39, 0.29) is 11.8 Å². The summed E-state index contributed by atoms with van der Waals surface area (Å²) in [7, 11) is 1.55. The number of rotatable bonds is 7. The quantitative estimate of drug-likeness (QED) is 0.367. The lowest BCUT2D eigenvalue weighted by molar-refractivity contribution is -0.132. The first kappa shape index (κ1) is 23.4. The number of aryl methyl sites for hydroxylation is 1. The third-order valence-electron chi connectivity index (χ3n) is 6.47. The number of anilines is 1. The van der Waals surface area contributed by atoms with Crippen LogP contribution >= 0.6 is 0 Å². The van der Waals surface area contributed by atoms with Gasteiger partial charge in [-0.1, -0.05) is 42.5 Å². The van der Waals surface area contributed by atoms with Crippen LogP contribution in [0.15, 0.2) is 89.3 Å². The summed E-state index contributed by atoms with van der Waals surface area (Å²) >= 11 is 0. The van der Waals surface area contributed by atoms with Crippen molar-refractivity contribution in [3.05, 3.63) is 107 Å². The summed E-state index contributed by atoms with van der Waals surface area (Å²) in [5, 5.41) is 2.91. The minimum Gasteiger partial charge on any atom is -0.496 e. The van der Waals surface area contributed by atoms with Crippen LogP contribution < -0.4 is 10.1 Å². The summed E-state index contributed by atoms with van der Waals surface area (Å²) in [6, 6.07) is 26.8. The first-order valence-corrected chi connectivity index (χ1v) is 12.1. The molecule has 0 fully saturated rings. The predicted molar refractivity (Wildman–Crippen MR) is 139 cm³/mol. The number of furan rings is 1. The zero-order valence-electron chi connectivity index (χ0n) is 20.2. The second kappa shape index (κ2) is 10.5. The summed E-state index contributed by atoms with van der Waals surface area (Å²) in [6.07, 6.45) is 1.96. The standard InChI is InChI=1S/C30H28N2O4/c1-35-27-10-6-5-9-25(27)30(34)31-24-14-12-22(13-15-24)28-19-23-20-32(18-17-26(23)36-28)29(33)16-11-21-7-3-2-4-8-21/h2-10,12-15,19H,11,16-18,20H2,1H3,(H,31,34). The Morgan fingerprint density at radius 1 is 0.972 bits per heavy atom. The van der Waals surface area contributed by atoms with Gasteiger partial charge in [-0.2, -0.15) is 0 Å². The van der Waals surface area contributed by atoms with Crippen molar-refractivity contribution in [2.75, 3.05) is 19.0 Å². The van der Waals surface area contributed by atoms with Crippen LogP contribution in [0.2, 0.25) is 0 Å². The van der Waals surface area contributed by atoms with Crippen molar-refractivity contribution in [2.24, 2.45) is 0 Å². The fourth-order valence-corrected chi connectivity index (χ4v) is 4.49. The van der Waals surface area contributed by atoms with E-state index in [1.807, 2.05) is 59.5 Å². The van der Waals surface area contributed by atoms with Gasteiger partial charge in [0.2, 0.25) is 5.91 Å². The maximum Gasteiger partial charge on any atom is 0.259 e. The Labute approximate surface area is 210 Å². The van der Waals surface area contributed by atoms with Crippen molar-refractivity contribution >= 4 is 17.5 Å². The molecule has 6 nitrogen and oxygen atoms in total. The van der Waals surface area contributed by atoms with Gasteiger partial charge in [-0.05, 0) is 54.4 Å². The van der Waals surface area contributed by atoms with Crippen LogP contribution in [0.4, 0.5) is 5.69 Å². The Morgan fingerprint density at radius 2 is 1.72 bits per heavy atom.